The van der Waals surface area contributed by atoms with Crippen molar-refractivity contribution in [3.8, 4) is 0 Å². The molecular formula is C87H144O17P2. The van der Waals surface area contributed by atoms with E-state index in [1.807, 2.05) is 30.4 Å². The highest BCUT2D eigenvalue weighted by atomic mass is 31.2. The summed E-state index contributed by atoms with van der Waals surface area (Å²) in [5.41, 5.74) is 0. The number of unbranched alkanes of at least 4 members (excludes halogenated alkanes) is 23. The van der Waals surface area contributed by atoms with Crippen LogP contribution in [-0.4, -0.2) is 96.7 Å². The molecule has 0 saturated heterocycles. The number of rotatable bonds is 75. The Kier molecular flexibility index (Phi) is 73.9. The molecule has 0 bridgehead atoms. The van der Waals surface area contributed by atoms with Crippen LogP contribution in [0.4, 0.5) is 0 Å². The molecule has 0 aliphatic rings. The summed E-state index contributed by atoms with van der Waals surface area (Å²) < 4.78 is 68.5. The van der Waals surface area contributed by atoms with E-state index in [1.54, 1.807) is 0 Å². The number of allylic oxidation sites excluding steroid dienone is 26. The smallest absolute Gasteiger partial charge is 0.462 e. The summed E-state index contributed by atoms with van der Waals surface area (Å²) >= 11 is 0. The van der Waals surface area contributed by atoms with Gasteiger partial charge in [0.25, 0.3) is 0 Å². The zero-order chi connectivity index (χ0) is 77.4. The number of carbonyl (C=O) groups is 4. The quantitative estimate of drug-likeness (QED) is 0.0169. The summed E-state index contributed by atoms with van der Waals surface area (Å²) in [5.74, 6) is -2.37. The molecule has 604 valence electrons. The molecule has 0 saturated carbocycles. The molecular weight excluding hydrogens is 1380 g/mol. The van der Waals surface area contributed by atoms with Gasteiger partial charge in [-0.3, -0.25) is 37.3 Å². The molecule has 0 rings (SSSR count). The minimum atomic E-state index is -5.02. The Hall–Kier alpha value is -5.32. The third kappa shape index (κ3) is 76.9. The first-order valence-electron chi connectivity index (χ1n) is 40.7. The minimum Gasteiger partial charge on any atom is -0.462 e. The van der Waals surface area contributed by atoms with Crippen LogP contribution in [0, 0.1) is 0 Å². The zero-order valence-corrected chi connectivity index (χ0v) is 67.8. The molecule has 0 fully saturated rings. The van der Waals surface area contributed by atoms with Gasteiger partial charge in [-0.15, -0.1) is 0 Å². The van der Waals surface area contributed by atoms with Crippen molar-refractivity contribution in [2.24, 2.45) is 0 Å². The number of carbonyl (C=O) groups excluding carboxylic acids is 4. The lowest BCUT2D eigenvalue weighted by atomic mass is 10.1. The van der Waals surface area contributed by atoms with Crippen molar-refractivity contribution in [2.75, 3.05) is 39.6 Å². The van der Waals surface area contributed by atoms with E-state index in [4.69, 9.17) is 37.0 Å². The fourth-order valence-corrected chi connectivity index (χ4v) is 11.8. The number of phosphoric ester groups is 2. The van der Waals surface area contributed by atoms with Crippen molar-refractivity contribution in [1.82, 2.24) is 0 Å². The van der Waals surface area contributed by atoms with Crippen LogP contribution >= 0.6 is 15.6 Å². The van der Waals surface area contributed by atoms with E-state index in [2.05, 4.69) is 155 Å². The maximum atomic E-state index is 13.1. The van der Waals surface area contributed by atoms with Crippen LogP contribution in [0.3, 0.4) is 0 Å². The molecule has 0 aromatic carbocycles. The second kappa shape index (κ2) is 77.8. The Labute approximate surface area is 642 Å². The first kappa shape index (κ1) is 101. The molecule has 0 heterocycles. The number of aliphatic hydroxyl groups is 1. The first-order chi connectivity index (χ1) is 51.7. The second-order valence-electron chi connectivity index (χ2n) is 26.6. The molecule has 0 spiro atoms. The maximum Gasteiger partial charge on any atom is 0.472 e. The summed E-state index contributed by atoms with van der Waals surface area (Å²) in [6.07, 6.45) is 91.0. The predicted molar refractivity (Wildman–Crippen MR) is 436 cm³/mol. The van der Waals surface area contributed by atoms with Crippen molar-refractivity contribution in [2.45, 2.75) is 329 Å². The highest BCUT2D eigenvalue weighted by molar-refractivity contribution is 7.47. The lowest BCUT2D eigenvalue weighted by molar-refractivity contribution is -0.161. The van der Waals surface area contributed by atoms with E-state index in [0.717, 1.165) is 141 Å². The third-order valence-corrected chi connectivity index (χ3v) is 18.4. The van der Waals surface area contributed by atoms with Gasteiger partial charge in [0.2, 0.25) is 0 Å². The van der Waals surface area contributed by atoms with E-state index in [-0.39, 0.29) is 25.7 Å². The fraction of sp³-hybridized carbons (Fsp3) is 0.655. The van der Waals surface area contributed by atoms with Crippen LogP contribution in [-0.2, 0) is 65.4 Å². The highest BCUT2D eigenvalue weighted by Gasteiger charge is 2.30. The van der Waals surface area contributed by atoms with Gasteiger partial charge in [0.15, 0.2) is 12.2 Å². The van der Waals surface area contributed by atoms with Gasteiger partial charge in [0.1, 0.15) is 19.3 Å². The Morgan fingerprint density at radius 2 is 0.519 bits per heavy atom. The van der Waals surface area contributed by atoms with Crippen molar-refractivity contribution >= 4 is 39.5 Å². The summed E-state index contributed by atoms with van der Waals surface area (Å²) in [5, 5.41) is 10.6. The Morgan fingerprint density at radius 1 is 0.274 bits per heavy atom. The second-order valence-corrected chi connectivity index (χ2v) is 29.5. The molecule has 0 aliphatic carbocycles. The van der Waals surface area contributed by atoms with Gasteiger partial charge in [-0.05, 0) is 161 Å². The Bertz CT molecular complexity index is 2630. The molecule has 0 radical (unpaired) electrons. The molecule has 19 heteroatoms. The van der Waals surface area contributed by atoms with Crippen molar-refractivity contribution < 1.29 is 80.2 Å². The van der Waals surface area contributed by atoms with Gasteiger partial charge < -0.3 is 33.8 Å². The maximum absolute atomic E-state index is 13.1. The number of aliphatic hydroxyl groups excluding tert-OH is 1. The van der Waals surface area contributed by atoms with Gasteiger partial charge in [-0.1, -0.05) is 282 Å². The van der Waals surface area contributed by atoms with Crippen LogP contribution in [0.5, 0.6) is 0 Å². The van der Waals surface area contributed by atoms with E-state index in [1.165, 1.54) is 77.0 Å². The molecule has 3 N–H and O–H groups in total. The van der Waals surface area contributed by atoms with E-state index in [0.29, 0.717) is 38.5 Å². The van der Waals surface area contributed by atoms with Crippen molar-refractivity contribution in [1.29, 1.82) is 0 Å². The van der Waals surface area contributed by atoms with Crippen LogP contribution < -0.4 is 0 Å². The third-order valence-electron chi connectivity index (χ3n) is 16.5. The zero-order valence-electron chi connectivity index (χ0n) is 66.1. The summed E-state index contributed by atoms with van der Waals surface area (Å²) in [6, 6.07) is 0. The first-order valence-corrected chi connectivity index (χ1v) is 43.7. The minimum absolute atomic E-state index is 0.00204. The Morgan fingerprint density at radius 3 is 0.868 bits per heavy atom. The van der Waals surface area contributed by atoms with E-state index in [9.17, 15) is 43.2 Å². The molecule has 5 atom stereocenters. The number of phosphoric acid groups is 2. The van der Waals surface area contributed by atoms with Crippen LogP contribution in [0.25, 0.3) is 0 Å². The number of esters is 4. The fourth-order valence-electron chi connectivity index (χ4n) is 10.3. The predicted octanol–water partition coefficient (Wildman–Crippen LogP) is 24.0. The summed E-state index contributed by atoms with van der Waals surface area (Å²) in [7, 11) is -10.0. The number of ether oxygens (including phenoxy) is 4. The van der Waals surface area contributed by atoms with Gasteiger partial charge in [-0.25, -0.2) is 9.13 Å². The largest absolute Gasteiger partial charge is 0.472 e. The number of hydrogen-bond acceptors (Lipinski definition) is 15. The normalized spacial score (nSPS) is 14.7. The lowest BCUT2D eigenvalue weighted by Crippen LogP contribution is -2.30. The van der Waals surface area contributed by atoms with E-state index >= 15 is 0 Å². The average Bonchev–Trinajstić information content (AvgIpc) is 0.902. The standard InChI is InChI=1S/C87H144O17P2/c1-5-9-13-17-21-25-29-33-37-39-40-42-45-48-52-56-60-64-68-72-85(90)98-78-83(104-87(92)74-70-66-62-58-54-50-46-41-38-34-30-26-22-18-14-10-6-2)80-102-106(95,96)100-76-81(88)75-99-105(93,94)101-79-82(103-86(91)73-69-65-61-57-53-49-44-36-32-28-24-20-16-12-8-4)77-97-84(89)71-67-63-59-55-51-47-43-35-31-27-23-19-15-11-7-3/h9,13,21,23-25,27-28,33-38,40,42-44,46,48,50,52,58,60,62,64,81-83,88H,5-8,10-12,14-20,22,26,29-32,39,41,45,47,49,51,53-57,59,61,63,65-80H2,1-4H3,(H,93,94)(H,95,96)/b13-9-,25-21-,27-23-,28-24-,37-33-,38-34-,42-40-,43-35-,44-36-,50-46-,52-48-,62-58-,64-60-/t81?,82-,83-/m1/s1. The lowest BCUT2D eigenvalue weighted by Gasteiger charge is -2.21. The average molecular weight is 1520 g/mol. The monoisotopic (exact) mass is 1520 g/mol. The van der Waals surface area contributed by atoms with Gasteiger partial charge >= 0.3 is 39.5 Å². The van der Waals surface area contributed by atoms with Gasteiger partial charge in [-0.2, -0.15) is 0 Å². The van der Waals surface area contributed by atoms with Crippen LogP contribution in [0.15, 0.2) is 158 Å². The van der Waals surface area contributed by atoms with Crippen molar-refractivity contribution in [3.63, 3.8) is 0 Å². The summed E-state index contributed by atoms with van der Waals surface area (Å²) in [4.78, 5) is 73.0. The molecule has 0 aromatic heterocycles. The molecule has 0 aliphatic heterocycles. The van der Waals surface area contributed by atoms with Gasteiger partial charge in [0, 0.05) is 25.7 Å². The number of hydrogen-bond donors (Lipinski definition) is 3. The Balaban J connectivity index is 5.51. The van der Waals surface area contributed by atoms with Crippen molar-refractivity contribution in [3.05, 3.63) is 158 Å². The summed E-state index contributed by atoms with van der Waals surface area (Å²) in [6.45, 7) is 4.53. The molecule has 3 unspecified atom stereocenters. The van der Waals surface area contributed by atoms with Gasteiger partial charge in [0.05, 0.1) is 26.4 Å². The molecule has 0 amide bonds. The SMILES string of the molecule is CC/C=C\C/C=C\C/C=C\C/C=C\C/C=C\C/C=C\CCC(=O)OC[C@H](COP(=O)(O)OCC(O)COP(=O)(O)OC[C@@H](COC(=O)CCCCCCC/C=C\C/C=C\CCCCC)OC(=O)CCCCCCC/C=C\C/C=C\CCCCC)OC(=O)CCC/C=C\C/C=C\C/C=C\CCCCCCCC. The topological polar surface area (TPSA) is 237 Å². The molecule has 0 aromatic rings. The van der Waals surface area contributed by atoms with E-state index < -0.39 is 97.5 Å². The van der Waals surface area contributed by atoms with Crippen LogP contribution in [0.2, 0.25) is 0 Å². The molecule has 17 nitrogen and oxygen atoms in total. The highest BCUT2D eigenvalue weighted by Crippen LogP contribution is 2.45. The molecule has 106 heavy (non-hydrogen) atoms. The van der Waals surface area contributed by atoms with Crippen LogP contribution in [0.1, 0.15) is 310 Å².